The first kappa shape index (κ1) is 13.1. The Hall–Kier alpha value is -0.940. The van der Waals surface area contributed by atoms with Crippen LogP contribution < -0.4 is 5.32 Å². The van der Waals surface area contributed by atoms with Crippen molar-refractivity contribution in [2.45, 2.75) is 51.2 Å². The molecule has 0 aliphatic carbocycles. The summed E-state index contributed by atoms with van der Waals surface area (Å²) in [5, 5.41) is 11.9. The maximum atomic E-state index is 5.70. The molecule has 0 saturated carbocycles. The van der Waals surface area contributed by atoms with Crippen LogP contribution in [-0.2, 0) is 17.7 Å². The van der Waals surface area contributed by atoms with Crippen molar-refractivity contribution in [2.75, 3.05) is 19.7 Å². The molecule has 1 aromatic heterocycles. The summed E-state index contributed by atoms with van der Waals surface area (Å²) >= 11 is 0. The van der Waals surface area contributed by atoms with E-state index in [-0.39, 0.29) is 0 Å². The third kappa shape index (κ3) is 3.54. The summed E-state index contributed by atoms with van der Waals surface area (Å²) in [5.74, 6) is 1.89. The average molecular weight is 264 g/mol. The van der Waals surface area contributed by atoms with Crippen LogP contribution in [0.1, 0.15) is 37.9 Å². The number of rotatable bonds is 4. The van der Waals surface area contributed by atoms with Crippen LogP contribution >= 0.6 is 0 Å². The fourth-order valence-electron chi connectivity index (χ4n) is 3.15. The molecule has 1 N–H and O–H groups in total. The van der Waals surface area contributed by atoms with Crippen LogP contribution in [0.4, 0.5) is 0 Å². The first-order chi connectivity index (χ1) is 9.42. The van der Waals surface area contributed by atoms with Gasteiger partial charge in [-0.2, -0.15) is 0 Å². The van der Waals surface area contributed by atoms with Crippen LogP contribution in [0, 0.1) is 5.92 Å². The highest BCUT2D eigenvalue weighted by Crippen LogP contribution is 2.19. The van der Waals surface area contributed by atoms with Crippen LogP contribution in [0.3, 0.4) is 0 Å². The van der Waals surface area contributed by atoms with Crippen molar-refractivity contribution in [1.82, 2.24) is 20.1 Å². The van der Waals surface area contributed by atoms with Gasteiger partial charge in [-0.05, 0) is 51.1 Å². The molecule has 0 spiro atoms. The van der Waals surface area contributed by atoms with Gasteiger partial charge in [-0.3, -0.25) is 0 Å². The highest BCUT2D eigenvalue weighted by molar-refractivity contribution is 4.90. The first-order valence-electron chi connectivity index (χ1n) is 7.61. The lowest BCUT2D eigenvalue weighted by molar-refractivity contribution is 0.0960. The lowest BCUT2D eigenvalue weighted by Gasteiger charge is -2.15. The molecule has 3 rings (SSSR count). The van der Waals surface area contributed by atoms with E-state index in [2.05, 4.69) is 20.1 Å². The SMILES string of the molecule is c1nnc(CC2CCCNCC2)n1CC1CCCO1. The van der Waals surface area contributed by atoms with Crippen molar-refractivity contribution in [2.24, 2.45) is 5.92 Å². The molecule has 106 valence electrons. The van der Waals surface area contributed by atoms with E-state index in [9.17, 15) is 0 Å². The highest BCUT2D eigenvalue weighted by Gasteiger charge is 2.20. The van der Waals surface area contributed by atoms with Crippen molar-refractivity contribution in [3.8, 4) is 0 Å². The second-order valence-electron chi connectivity index (χ2n) is 5.79. The van der Waals surface area contributed by atoms with Crippen molar-refractivity contribution < 1.29 is 4.74 Å². The van der Waals surface area contributed by atoms with Crippen LogP contribution in [0.15, 0.2) is 6.33 Å². The number of hydrogen-bond donors (Lipinski definition) is 1. The van der Waals surface area contributed by atoms with Gasteiger partial charge < -0.3 is 14.6 Å². The maximum Gasteiger partial charge on any atom is 0.133 e. The average Bonchev–Trinajstić information content (AvgIpc) is 3.00. The zero-order valence-electron chi connectivity index (χ0n) is 11.6. The Morgan fingerprint density at radius 1 is 1.26 bits per heavy atom. The molecule has 2 saturated heterocycles. The summed E-state index contributed by atoms with van der Waals surface area (Å²) < 4.78 is 7.91. The van der Waals surface area contributed by atoms with Gasteiger partial charge in [0.2, 0.25) is 0 Å². The molecular weight excluding hydrogens is 240 g/mol. The van der Waals surface area contributed by atoms with E-state index in [0.717, 1.165) is 37.9 Å². The number of nitrogens with zero attached hydrogens (tertiary/aromatic N) is 3. The largest absolute Gasteiger partial charge is 0.376 e. The molecule has 2 unspecified atom stereocenters. The topological polar surface area (TPSA) is 52.0 Å². The quantitative estimate of drug-likeness (QED) is 0.893. The second-order valence-corrected chi connectivity index (χ2v) is 5.79. The lowest BCUT2D eigenvalue weighted by atomic mass is 9.96. The van der Waals surface area contributed by atoms with Gasteiger partial charge in [-0.25, -0.2) is 0 Å². The van der Waals surface area contributed by atoms with E-state index in [1.807, 2.05) is 6.33 Å². The molecule has 2 aliphatic heterocycles. The lowest BCUT2D eigenvalue weighted by Crippen LogP contribution is -2.19. The van der Waals surface area contributed by atoms with Crippen LogP contribution in [0.2, 0.25) is 0 Å². The summed E-state index contributed by atoms with van der Waals surface area (Å²) in [5.41, 5.74) is 0. The number of nitrogens with one attached hydrogen (secondary N) is 1. The molecule has 2 fully saturated rings. The van der Waals surface area contributed by atoms with Gasteiger partial charge in [0.05, 0.1) is 12.6 Å². The van der Waals surface area contributed by atoms with Crippen molar-refractivity contribution >= 4 is 0 Å². The predicted octanol–water partition coefficient (Wildman–Crippen LogP) is 1.39. The molecule has 0 radical (unpaired) electrons. The minimum atomic E-state index is 0.366. The van der Waals surface area contributed by atoms with Gasteiger partial charge in [0.15, 0.2) is 0 Å². The van der Waals surface area contributed by atoms with Crippen molar-refractivity contribution in [3.63, 3.8) is 0 Å². The van der Waals surface area contributed by atoms with E-state index < -0.39 is 0 Å². The molecule has 0 amide bonds. The standard InChI is InChI=1S/C14H24N4O/c1-3-12(5-7-15-6-1)9-14-17-16-11-18(14)10-13-4-2-8-19-13/h11-13,15H,1-10H2. The Kier molecular flexibility index (Phi) is 4.45. The monoisotopic (exact) mass is 264 g/mol. The molecule has 3 heterocycles. The van der Waals surface area contributed by atoms with E-state index in [4.69, 9.17) is 4.74 Å². The summed E-state index contributed by atoms with van der Waals surface area (Å²) in [7, 11) is 0. The third-order valence-electron chi connectivity index (χ3n) is 4.29. The molecule has 2 atom stereocenters. The maximum absolute atomic E-state index is 5.70. The van der Waals surface area contributed by atoms with E-state index in [1.165, 1.54) is 38.6 Å². The molecular formula is C14H24N4O. The van der Waals surface area contributed by atoms with Gasteiger partial charge in [0, 0.05) is 13.0 Å². The smallest absolute Gasteiger partial charge is 0.133 e. The van der Waals surface area contributed by atoms with Gasteiger partial charge >= 0.3 is 0 Å². The predicted molar refractivity (Wildman–Crippen MR) is 72.9 cm³/mol. The van der Waals surface area contributed by atoms with Crippen molar-refractivity contribution in [1.29, 1.82) is 0 Å². The Morgan fingerprint density at radius 3 is 3.16 bits per heavy atom. The minimum Gasteiger partial charge on any atom is -0.376 e. The highest BCUT2D eigenvalue weighted by atomic mass is 16.5. The Balaban J connectivity index is 1.59. The Bertz CT molecular complexity index is 379. The summed E-state index contributed by atoms with van der Waals surface area (Å²) in [4.78, 5) is 0. The second kappa shape index (κ2) is 6.48. The van der Waals surface area contributed by atoms with E-state index in [1.54, 1.807) is 0 Å². The zero-order valence-corrected chi connectivity index (χ0v) is 11.6. The number of hydrogen-bond acceptors (Lipinski definition) is 4. The summed E-state index contributed by atoms with van der Waals surface area (Å²) in [6.45, 7) is 4.15. The zero-order chi connectivity index (χ0) is 12.9. The van der Waals surface area contributed by atoms with Gasteiger partial charge in [0.1, 0.15) is 12.2 Å². The van der Waals surface area contributed by atoms with Gasteiger partial charge in [-0.1, -0.05) is 0 Å². The minimum absolute atomic E-state index is 0.366. The van der Waals surface area contributed by atoms with Crippen LogP contribution in [-0.4, -0.2) is 40.6 Å². The molecule has 5 nitrogen and oxygen atoms in total. The third-order valence-corrected chi connectivity index (χ3v) is 4.29. The molecule has 1 aromatic rings. The fraction of sp³-hybridized carbons (Fsp3) is 0.857. The fourth-order valence-corrected chi connectivity index (χ4v) is 3.15. The number of aromatic nitrogens is 3. The number of ether oxygens (including phenoxy) is 1. The van der Waals surface area contributed by atoms with E-state index in [0.29, 0.717) is 6.10 Å². The van der Waals surface area contributed by atoms with Crippen LogP contribution in [0.5, 0.6) is 0 Å². The Morgan fingerprint density at radius 2 is 2.26 bits per heavy atom. The van der Waals surface area contributed by atoms with Crippen molar-refractivity contribution in [3.05, 3.63) is 12.2 Å². The molecule has 0 bridgehead atoms. The van der Waals surface area contributed by atoms with Gasteiger partial charge in [-0.15, -0.1) is 10.2 Å². The molecule has 0 aromatic carbocycles. The van der Waals surface area contributed by atoms with E-state index >= 15 is 0 Å². The molecule has 5 heteroatoms. The molecule has 19 heavy (non-hydrogen) atoms. The van der Waals surface area contributed by atoms with Crippen LogP contribution in [0.25, 0.3) is 0 Å². The summed E-state index contributed by atoms with van der Waals surface area (Å²) in [6.07, 6.45) is 9.50. The Labute approximate surface area is 114 Å². The summed E-state index contributed by atoms with van der Waals surface area (Å²) in [6, 6.07) is 0. The van der Waals surface area contributed by atoms with Gasteiger partial charge in [0.25, 0.3) is 0 Å². The normalized spacial score (nSPS) is 28.4. The molecule has 2 aliphatic rings. The first-order valence-corrected chi connectivity index (χ1v) is 7.61.